The number of alkyl halides is 3. The highest BCUT2D eigenvalue weighted by Gasteiger charge is 2.30. The molecule has 0 aliphatic heterocycles. The second-order valence-electron chi connectivity index (χ2n) is 6.98. The number of nitrogens with zero attached hydrogens (tertiary/aromatic N) is 4. The molecule has 0 fully saturated rings. The highest BCUT2D eigenvalue weighted by molar-refractivity contribution is 6.05. The Morgan fingerprint density at radius 2 is 1.72 bits per heavy atom. The molecular formula is C20H18F3N5O4. The van der Waals surface area contributed by atoms with Gasteiger partial charge in [0.2, 0.25) is 5.82 Å². The van der Waals surface area contributed by atoms with Gasteiger partial charge in [0, 0.05) is 21.1 Å². The quantitative estimate of drug-likeness (QED) is 0.594. The van der Waals surface area contributed by atoms with E-state index in [1.807, 2.05) is 0 Å². The van der Waals surface area contributed by atoms with Crippen LogP contribution in [-0.2, 0) is 13.2 Å². The van der Waals surface area contributed by atoms with Gasteiger partial charge in [-0.1, -0.05) is 6.07 Å². The molecule has 0 saturated carbocycles. The van der Waals surface area contributed by atoms with Gasteiger partial charge in [-0.25, -0.2) is 4.79 Å². The van der Waals surface area contributed by atoms with Crippen molar-refractivity contribution in [2.45, 2.75) is 6.18 Å². The Balaban J connectivity index is 1.92. The van der Waals surface area contributed by atoms with E-state index in [9.17, 15) is 32.7 Å². The zero-order valence-corrected chi connectivity index (χ0v) is 17.1. The Hall–Kier alpha value is -4.09. The van der Waals surface area contributed by atoms with Crippen LogP contribution in [0.5, 0.6) is 5.75 Å². The van der Waals surface area contributed by atoms with E-state index < -0.39 is 35.0 Å². The molecule has 9 nitrogen and oxygen atoms in total. The Bertz CT molecular complexity index is 1240. The number of amides is 2. The van der Waals surface area contributed by atoms with Crippen LogP contribution in [0.3, 0.4) is 0 Å². The summed E-state index contributed by atoms with van der Waals surface area (Å²) in [5, 5.41) is 16.6. The molecule has 0 saturated heterocycles. The van der Waals surface area contributed by atoms with Crippen LogP contribution in [0, 0.1) is 0 Å². The number of halogens is 3. The van der Waals surface area contributed by atoms with Crippen molar-refractivity contribution in [1.29, 1.82) is 0 Å². The lowest BCUT2D eigenvalue weighted by atomic mass is 10.1. The molecule has 1 aromatic heterocycles. The third-order valence-corrected chi connectivity index (χ3v) is 4.54. The lowest BCUT2D eigenvalue weighted by Crippen LogP contribution is -2.24. The first kappa shape index (κ1) is 22.6. The minimum atomic E-state index is -4.54. The Morgan fingerprint density at radius 3 is 2.28 bits per heavy atom. The Morgan fingerprint density at radius 1 is 1.09 bits per heavy atom. The van der Waals surface area contributed by atoms with Gasteiger partial charge in [0.05, 0.1) is 22.5 Å². The number of benzene rings is 2. The number of carbonyl (C=O) groups excluding carboxylic acids is 2. The third kappa shape index (κ3) is 4.19. The summed E-state index contributed by atoms with van der Waals surface area (Å²) >= 11 is 0. The summed E-state index contributed by atoms with van der Waals surface area (Å²) in [6, 6.07) is 7.88. The summed E-state index contributed by atoms with van der Waals surface area (Å²) in [6.45, 7) is 0. The maximum Gasteiger partial charge on any atom is 0.416 e. The summed E-state index contributed by atoms with van der Waals surface area (Å²) in [6.07, 6.45) is -4.54. The first-order valence-electron chi connectivity index (χ1n) is 9.10. The molecule has 2 aromatic carbocycles. The molecule has 168 valence electrons. The second-order valence-corrected chi connectivity index (χ2v) is 6.98. The molecule has 2 N–H and O–H groups in total. The van der Waals surface area contributed by atoms with Crippen molar-refractivity contribution in [3.05, 3.63) is 69.9 Å². The molecule has 0 unspecified atom stereocenters. The van der Waals surface area contributed by atoms with E-state index in [1.165, 1.54) is 44.2 Å². The van der Waals surface area contributed by atoms with Gasteiger partial charge in [0.15, 0.2) is 5.75 Å². The molecule has 0 aliphatic carbocycles. The number of nitrogens with one attached hydrogen (secondary N) is 1. The molecule has 3 aromatic rings. The molecule has 0 bridgehead atoms. The van der Waals surface area contributed by atoms with Crippen LogP contribution in [-0.4, -0.2) is 50.3 Å². The fourth-order valence-corrected chi connectivity index (χ4v) is 2.83. The van der Waals surface area contributed by atoms with Crippen molar-refractivity contribution in [3.63, 3.8) is 0 Å². The molecule has 0 aliphatic rings. The van der Waals surface area contributed by atoms with E-state index >= 15 is 0 Å². The van der Waals surface area contributed by atoms with Crippen molar-refractivity contribution in [2.75, 3.05) is 19.4 Å². The SMILES string of the molecule is CN(C)C(=O)c1cccc(NC(=O)c2nn(-c3ccc(C(F)(F)F)cc3)c(=O)n2C)c1O. The fraction of sp³-hybridized carbons (Fsp3) is 0.200. The smallest absolute Gasteiger partial charge is 0.416 e. The molecule has 2 amide bonds. The van der Waals surface area contributed by atoms with Gasteiger partial charge < -0.3 is 15.3 Å². The predicted molar refractivity (Wildman–Crippen MR) is 108 cm³/mol. The number of carbonyl (C=O) groups is 2. The molecule has 0 radical (unpaired) electrons. The number of hydrogen-bond acceptors (Lipinski definition) is 5. The first-order valence-corrected chi connectivity index (χ1v) is 9.10. The van der Waals surface area contributed by atoms with Gasteiger partial charge in [0.25, 0.3) is 11.8 Å². The molecular weight excluding hydrogens is 431 g/mol. The number of rotatable bonds is 4. The van der Waals surface area contributed by atoms with Crippen LogP contribution in [0.15, 0.2) is 47.3 Å². The Kier molecular flexibility index (Phi) is 5.80. The summed E-state index contributed by atoms with van der Waals surface area (Å²) in [5.41, 5.74) is -1.77. The van der Waals surface area contributed by atoms with Gasteiger partial charge >= 0.3 is 11.9 Å². The molecule has 0 spiro atoms. The van der Waals surface area contributed by atoms with Crippen LogP contribution in [0.25, 0.3) is 5.69 Å². The summed E-state index contributed by atoms with van der Waals surface area (Å²) in [5.74, 6) is -2.19. The van der Waals surface area contributed by atoms with Crippen molar-refractivity contribution in [3.8, 4) is 11.4 Å². The van der Waals surface area contributed by atoms with E-state index in [2.05, 4.69) is 10.4 Å². The summed E-state index contributed by atoms with van der Waals surface area (Å²) in [7, 11) is 4.25. The van der Waals surface area contributed by atoms with Crippen LogP contribution in [0.2, 0.25) is 0 Å². The fourth-order valence-electron chi connectivity index (χ4n) is 2.83. The number of hydrogen-bond donors (Lipinski definition) is 2. The van der Waals surface area contributed by atoms with E-state index in [4.69, 9.17) is 0 Å². The highest BCUT2D eigenvalue weighted by Crippen LogP contribution is 2.30. The lowest BCUT2D eigenvalue weighted by Gasteiger charge is -2.14. The van der Waals surface area contributed by atoms with Crippen molar-refractivity contribution in [2.24, 2.45) is 7.05 Å². The van der Waals surface area contributed by atoms with Crippen LogP contribution in [0.1, 0.15) is 26.5 Å². The number of aromatic nitrogens is 3. The van der Waals surface area contributed by atoms with Crippen molar-refractivity contribution < 1.29 is 27.9 Å². The number of aromatic hydroxyl groups is 1. The van der Waals surface area contributed by atoms with E-state index in [0.717, 1.165) is 33.5 Å². The number of para-hydroxylation sites is 1. The van der Waals surface area contributed by atoms with Crippen molar-refractivity contribution in [1.82, 2.24) is 19.2 Å². The third-order valence-electron chi connectivity index (χ3n) is 4.54. The van der Waals surface area contributed by atoms with E-state index in [1.54, 1.807) is 0 Å². The maximum atomic E-state index is 12.8. The largest absolute Gasteiger partial charge is 0.505 e. The molecule has 32 heavy (non-hydrogen) atoms. The van der Waals surface area contributed by atoms with Gasteiger partial charge in [-0.3, -0.25) is 14.2 Å². The van der Waals surface area contributed by atoms with Crippen LogP contribution < -0.4 is 11.0 Å². The monoisotopic (exact) mass is 449 g/mol. The average Bonchev–Trinajstić information content (AvgIpc) is 3.03. The summed E-state index contributed by atoms with van der Waals surface area (Å²) < 4.78 is 39.9. The van der Waals surface area contributed by atoms with Crippen molar-refractivity contribution >= 4 is 17.5 Å². The number of phenolic OH excluding ortho intramolecular Hbond substituents is 1. The minimum Gasteiger partial charge on any atom is -0.505 e. The molecule has 1 heterocycles. The van der Waals surface area contributed by atoms with E-state index in [0.29, 0.717) is 0 Å². The summed E-state index contributed by atoms with van der Waals surface area (Å²) in [4.78, 5) is 38.5. The lowest BCUT2D eigenvalue weighted by molar-refractivity contribution is -0.137. The number of phenols is 1. The van der Waals surface area contributed by atoms with Crippen LogP contribution in [0.4, 0.5) is 18.9 Å². The Labute approximate surface area is 179 Å². The van der Waals surface area contributed by atoms with Gasteiger partial charge in [-0.15, -0.1) is 5.10 Å². The average molecular weight is 449 g/mol. The van der Waals surface area contributed by atoms with E-state index in [-0.39, 0.29) is 22.8 Å². The zero-order chi connectivity index (χ0) is 23.8. The molecule has 12 heteroatoms. The first-order chi connectivity index (χ1) is 14.9. The highest BCUT2D eigenvalue weighted by atomic mass is 19.4. The van der Waals surface area contributed by atoms with Gasteiger partial charge in [0.1, 0.15) is 0 Å². The van der Waals surface area contributed by atoms with Gasteiger partial charge in [-0.2, -0.15) is 17.9 Å². The predicted octanol–water partition coefficient (Wildman–Crippen LogP) is 2.25. The number of anilines is 1. The standard InChI is InChI=1S/C20H18F3N5O4/c1-26(2)18(31)13-5-4-6-14(15(13)29)24-17(30)16-25-28(19(32)27(16)3)12-9-7-11(8-10-12)20(21,22)23/h4-10,29H,1-3H3,(H,24,30). The minimum absolute atomic E-state index is 0.0269. The van der Waals surface area contributed by atoms with Gasteiger partial charge in [-0.05, 0) is 36.4 Å². The normalized spacial score (nSPS) is 11.3. The van der Waals surface area contributed by atoms with Crippen LogP contribution >= 0.6 is 0 Å². The maximum absolute atomic E-state index is 12.8. The topological polar surface area (TPSA) is 109 Å². The zero-order valence-electron chi connectivity index (χ0n) is 17.1. The molecule has 3 rings (SSSR count). The molecule has 0 atom stereocenters. The second kappa shape index (κ2) is 8.21.